The molecule has 0 N–H and O–H groups in total. The maximum atomic E-state index is 4.36. The van der Waals surface area contributed by atoms with Crippen LogP contribution >= 0.6 is 0 Å². The second-order valence-corrected chi connectivity index (χ2v) is 8.78. The molecule has 25 heavy (non-hydrogen) atoms. The zero-order valence-corrected chi connectivity index (χ0v) is 16.0. The number of pyridine rings is 1. The van der Waals surface area contributed by atoms with E-state index in [-0.39, 0.29) is 0 Å². The summed E-state index contributed by atoms with van der Waals surface area (Å²) in [7, 11) is 0. The standard InChI is InChI=1S/C24H31N/c1-4-19-9-5-6-13-23(19,2)21-12-14-24(3)20(16-21)10-11-22(24)18-8-7-15-25-17-18/h4-5,7-9,11,15,17,20-21H,6,10,12-14,16H2,1-3H3. The zero-order chi connectivity index (χ0) is 17.5. The molecule has 3 aliphatic carbocycles. The Morgan fingerprint density at radius 1 is 1.16 bits per heavy atom. The largest absolute Gasteiger partial charge is 0.264 e. The second-order valence-electron chi connectivity index (χ2n) is 8.78. The van der Waals surface area contributed by atoms with Crippen molar-refractivity contribution in [1.29, 1.82) is 0 Å². The Hall–Kier alpha value is -1.63. The molecule has 0 saturated heterocycles. The Kier molecular flexibility index (Phi) is 4.22. The molecule has 0 aliphatic heterocycles. The van der Waals surface area contributed by atoms with E-state index in [9.17, 15) is 0 Å². The summed E-state index contributed by atoms with van der Waals surface area (Å²) in [5, 5.41) is 0. The lowest BCUT2D eigenvalue weighted by Gasteiger charge is -2.50. The highest BCUT2D eigenvalue weighted by atomic mass is 14.6. The third kappa shape index (κ3) is 2.63. The number of aromatic nitrogens is 1. The van der Waals surface area contributed by atoms with Crippen LogP contribution < -0.4 is 0 Å². The first kappa shape index (κ1) is 16.8. The van der Waals surface area contributed by atoms with E-state index in [2.05, 4.69) is 68.4 Å². The number of rotatable bonds is 2. The van der Waals surface area contributed by atoms with Gasteiger partial charge < -0.3 is 0 Å². The van der Waals surface area contributed by atoms with Crippen molar-refractivity contribution < 1.29 is 0 Å². The molecule has 1 heterocycles. The highest BCUT2D eigenvalue weighted by Gasteiger charge is 2.49. The molecule has 4 rings (SSSR count). The maximum absolute atomic E-state index is 4.36. The third-order valence-electron chi connectivity index (χ3n) is 7.68. The molecule has 0 aromatic carbocycles. The lowest BCUT2D eigenvalue weighted by atomic mass is 9.55. The summed E-state index contributed by atoms with van der Waals surface area (Å²) < 4.78 is 0. The lowest BCUT2D eigenvalue weighted by Crippen LogP contribution is -2.40. The minimum atomic E-state index is 0.344. The van der Waals surface area contributed by atoms with Crippen LogP contribution in [0, 0.1) is 22.7 Å². The molecule has 3 aliphatic rings. The molecular weight excluding hydrogens is 302 g/mol. The minimum absolute atomic E-state index is 0.344. The van der Waals surface area contributed by atoms with Gasteiger partial charge in [-0.1, -0.05) is 44.2 Å². The summed E-state index contributed by atoms with van der Waals surface area (Å²) in [6, 6.07) is 4.32. The minimum Gasteiger partial charge on any atom is -0.264 e. The Bertz CT molecular complexity index is 726. The lowest BCUT2D eigenvalue weighted by molar-refractivity contribution is 0.0756. The van der Waals surface area contributed by atoms with E-state index < -0.39 is 0 Å². The van der Waals surface area contributed by atoms with E-state index in [0.29, 0.717) is 10.8 Å². The second kappa shape index (κ2) is 6.27. The van der Waals surface area contributed by atoms with E-state index in [1.807, 2.05) is 6.20 Å². The van der Waals surface area contributed by atoms with Crippen LogP contribution in [-0.4, -0.2) is 4.98 Å². The van der Waals surface area contributed by atoms with Gasteiger partial charge in [0, 0.05) is 12.4 Å². The quantitative estimate of drug-likeness (QED) is 0.594. The van der Waals surface area contributed by atoms with Gasteiger partial charge in [0.25, 0.3) is 0 Å². The Morgan fingerprint density at radius 2 is 2.04 bits per heavy atom. The van der Waals surface area contributed by atoms with Crippen LogP contribution in [0.15, 0.2) is 54.4 Å². The van der Waals surface area contributed by atoms with Crippen molar-refractivity contribution in [2.45, 2.75) is 59.3 Å². The van der Waals surface area contributed by atoms with Crippen LogP contribution in [0.5, 0.6) is 0 Å². The van der Waals surface area contributed by atoms with Gasteiger partial charge in [-0.25, -0.2) is 0 Å². The summed E-state index contributed by atoms with van der Waals surface area (Å²) in [4.78, 5) is 4.36. The smallest absolute Gasteiger partial charge is 0.0343 e. The van der Waals surface area contributed by atoms with Gasteiger partial charge in [-0.3, -0.25) is 4.98 Å². The number of hydrogen-bond donors (Lipinski definition) is 0. The molecule has 1 saturated carbocycles. The predicted molar refractivity (Wildman–Crippen MR) is 106 cm³/mol. The number of nitrogens with zero attached hydrogens (tertiary/aromatic N) is 1. The van der Waals surface area contributed by atoms with Gasteiger partial charge in [0.15, 0.2) is 0 Å². The Labute approximate surface area is 152 Å². The highest BCUT2D eigenvalue weighted by molar-refractivity contribution is 5.72. The Morgan fingerprint density at radius 3 is 2.80 bits per heavy atom. The van der Waals surface area contributed by atoms with Crippen molar-refractivity contribution in [3.63, 3.8) is 0 Å². The van der Waals surface area contributed by atoms with Crippen LogP contribution in [0.3, 0.4) is 0 Å². The van der Waals surface area contributed by atoms with Crippen LogP contribution in [0.25, 0.3) is 5.57 Å². The van der Waals surface area contributed by atoms with Crippen molar-refractivity contribution in [2.75, 3.05) is 0 Å². The molecule has 1 nitrogen and oxygen atoms in total. The zero-order valence-electron chi connectivity index (χ0n) is 16.0. The molecular formula is C24H31N. The number of allylic oxidation sites excluding steroid dienone is 6. The summed E-state index contributed by atoms with van der Waals surface area (Å²) >= 11 is 0. The molecule has 0 bridgehead atoms. The SMILES string of the molecule is CC=C1C=CCCC1(C)C1CCC2(C)C(c3cccnc3)=CCC2C1. The fraction of sp³-hybridized carbons (Fsp3) is 0.542. The van der Waals surface area contributed by atoms with Gasteiger partial charge in [-0.05, 0) is 90.9 Å². The van der Waals surface area contributed by atoms with Gasteiger partial charge in [-0.15, -0.1) is 0 Å². The Balaban J connectivity index is 1.58. The van der Waals surface area contributed by atoms with Gasteiger partial charge in [0.1, 0.15) is 0 Å². The molecule has 4 atom stereocenters. The average molecular weight is 334 g/mol. The topological polar surface area (TPSA) is 12.9 Å². The predicted octanol–water partition coefficient (Wildman–Crippen LogP) is 6.59. The molecule has 4 unspecified atom stereocenters. The summed E-state index contributed by atoms with van der Waals surface area (Å²) in [5.41, 5.74) is 5.19. The molecule has 0 radical (unpaired) electrons. The van der Waals surface area contributed by atoms with Gasteiger partial charge in [-0.2, -0.15) is 0 Å². The first-order valence-electron chi connectivity index (χ1n) is 10.0. The van der Waals surface area contributed by atoms with Crippen molar-refractivity contribution in [3.8, 4) is 0 Å². The van der Waals surface area contributed by atoms with Crippen LogP contribution in [-0.2, 0) is 0 Å². The average Bonchev–Trinajstić information content (AvgIpc) is 2.99. The number of fused-ring (bicyclic) bond motifs is 1. The summed E-state index contributed by atoms with van der Waals surface area (Å²) in [6.45, 7) is 7.26. The van der Waals surface area contributed by atoms with Crippen molar-refractivity contribution in [1.82, 2.24) is 4.98 Å². The van der Waals surface area contributed by atoms with Gasteiger partial charge >= 0.3 is 0 Å². The van der Waals surface area contributed by atoms with Gasteiger partial charge in [0.2, 0.25) is 0 Å². The van der Waals surface area contributed by atoms with Crippen LogP contribution in [0.1, 0.15) is 64.9 Å². The van der Waals surface area contributed by atoms with Crippen LogP contribution in [0.2, 0.25) is 0 Å². The molecule has 1 heteroatoms. The molecule has 0 spiro atoms. The molecule has 1 fully saturated rings. The van der Waals surface area contributed by atoms with Gasteiger partial charge in [0.05, 0.1) is 0 Å². The normalized spacial score (nSPS) is 39.3. The van der Waals surface area contributed by atoms with E-state index in [4.69, 9.17) is 0 Å². The van der Waals surface area contributed by atoms with Crippen LogP contribution in [0.4, 0.5) is 0 Å². The molecule has 1 aromatic heterocycles. The molecule has 132 valence electrons. The maximum Gasteiger partial charge on any atom is 0.0343 e. The highest BCUT2D eigenvalue weighted by Crippen LogP contribution is 2.61. The monoisotopic (exact) mass is 333 g/mol. The van der Waals surface area contributed by atoms with Crippen molar-refractivity contribution in [3.05, 3.63) is 60.0 Å². The summed E-state index contributed by atoms with van der Waals surface area (Å²) in [6.07, 6.45) is 21.4. The fourth-order valence-electron chi connectivity index (χ4n) is 5.95. The van der Waals surface area contributed by atoms with Crippen molar-refractivity contribution in [2.24, 2.45) is 22.7 Å². The summed E-state index contributed by atoms with van der Waals surface area (Å²) in [5.74, 6) is 1.62. The fourth-order valence-corrected chi connectivity index (χ4v) is 5.95. The van der Waals surface area contributed by atoms with E-state index >= 15 is 0 Å². The molecule has 1 aromatic rings. The van der Waals surface area contributed by atoms with Crippen molar-refractivity contribution >= 4 is 5.57 Å². The number of hydrogen-bond acceptors (Lipinski definition) is 1. The first-order chi connectivity index (χ1) is 12.1. The van der Waals surface area contributed by atoms with E-state index in [0.717, 1.165) is 11.8 Å². The van der Waals surface area contributed by atoms with E-state index in [1.165, 1.54) is 44.1 Å². The third-order valence-corrected chi connectivity index (χ3v) is 7.68. The first-order valence-corrected chi connectivity index (χ1v) is 10.0. The van der Waals surface area contributed by atoms with E-state index in [1.54, 1.807) is 11.1 Å². The molecule has 0 amide bonds.